The third-order valence-corrected chi connectivity index (χ3v) is 6.87. The monoisotopic (exact) mass is 482 g/mol. The number of fused-ring (bicyclic) bond motifs is 1. The molecule has 1 atom stereocenters. The highest BCUT2D eigenvalue weighted by Crippen LogP contribution is 2.50. The molecule has 0 bridgehead atoms. The molecule has 0 unspecified atom stereocenters. The van der Waals surface area contributed by atoms with Crippen LogP contribution in [0.25, 0.3) is 0 Å². The van der Waals surface area contributed by atoms with Crippen molar-refractivity contribution in [3.8, 4) is 11.5 Å². The van der Waals surface area contributed by atoms with E-state index in [1.165, 1.54) is 0 Å². The predicted octanol–water partition coefficient (Wildman–Crippen LogP) is 6.16. The number of Topliss-reactive ketones (excluding diaryl/α,β-unsaturated/α-hetero) is 1. The first-order valence-electron chi connectivity index (χ1n) is 12.1. The minimum Gasteiger partial charge on any atom is -0.497 e. The Morgan fingerprint density at radius 3 is 2.39 bits per heavy atom. The largest absolute Gasteiger partial charge is 0.497 e. The maximum atomic E-state index is 14.3. The van der Waals surface area contributed by atoms with Crippen LogP contribution in [-0.4, -0.2) is 25.9 Å². The summed E-state index contributed by atoms with van der Waals surface area (Å²) in [6.45, 7) is 4.20. The molecule has 5 rings (SSSR count). The molecule has 0 radical (unpaired) electrons. The van der Waals surface area contributed by atoms with Crippen LogP contribution < -0.4 is 19.7 Å². The van der Waals surface area contributed by atoms with Crippen LogP contribution in [0, 0.1) is 5.41 Å². The molecule has 6 nitrogen and oxygen atoms in total. The highest BCUT2D eigenvalue weighted by molar-refractivity contribution is 6.12. The average Bonchev–Trinajstić information content (AvgIpc) is 3.02. The van der Waals surface area contributed by atoms with Gasteiger partial charge in [0.25, 0.3) is 5.91 Å². The van der Waals surface area contributed by atoms with E-state index in [1.807, 2.05) is 60.7 Å². The van der Waals surface area contributed by atoms with Gasteiger partial charge in [0.05, 0.1) is 31.6 Å². The zero-order valence-electron chi connectivity index (χ0n) is 21.0. The Morgan fingerprint density at radius 1 is 0.944 bits per heavy atom. The molecular weight excluding hydrogens is 452 g/mol. The molecule has 0 saturated heterocycles. The number of rotatable bonds is 4. The highest BCUT2D eigenvalue weighted by Gasteiger charge is 2.44. The highest BCUT2D eigenvalue weighted by atomic mass is 16.5. The first-order valence-corrected chi connectivity index (χ1v) is 12.1. The van der Waals surface area contributed by atoms with Crippen molar-refractivity contribution in [3.05, 3.63) is 95.2 Å². The third-order valence-electron chi connectivity index (χ3n) is 6.87. The van der Waals surface area contributed by atoms with Crippen molar-refractivity contribution in [2.24, 2.45) is 5.41 Å². The summed E-state index contributed by atoms with van der Waals surface area (Å²) in [4.78, 5) is 29.9. The molecule has 1 N–H and O–H groups in total. The van der Waals surface area contributed by atoms with Crippen molar-refractivity contribution in [3.63, 3.8) is 0 Å². The number of anilines is 2. The number of amides is 1. The fraction of sp³-hybridized carbons (Fsp3) is 0.267. The number of ether oxygens (including phenoxy) is 2. The lowest BCUT2D eigenvalue weighted by Gasteiger charge is -2.37. The standard InChI is InChI=1S/C30H30N2O4/c1-30(2)17-23-27(25(33)18-30)28(21-16-20(35-3)14-15-26(21)36-4)32(24-13-9-8-12-22(24)31-23)29(34)19-10-6-5-7-11-19/h5-16,28,31H,17-18H2,1-4H3/t28-/m0/s1. The number of benzene rings is 3. The van der Waals surface area contributed by atoms with E-state index in [2.05, 4.69) is 19.2 Å². The smallest absolute Gasteiger partial charge is 0.259 e. The van der Waals surface area contributed by atoms with E-state index in [0.717, 1.165) is 11.4 Å². The second-order valence-electron chi connectivity index (χ2n) is 10.0. The molecule has 3 aromatic rings. The normalized spacial score (nSPS) is 18.5. The summed E-state index contributed by atoms with van der Waals surface area (Å²) in [7, 11) is 3.19. The second kappa shape index (κ2) is 9.19. The van der Waals surface area contributed by atoms with Crippen LogP contribution >= 0.6 is 0 Å². The van der Waals surface area contributed by atoms with Crippen molar-refractivity contribution in [1.29, 1.82) is 0 Å². The number of methoxy groups -OCH3 is 2. The molecule has 3 aromatic carbocycles. The van der Waals surface area contributed by atoms with Crippen molar-refractivity contribution < 1.29 is 19.1 Å². The zero-order chi connectivity index (χ0) is 25.4. The van der Waals surface area contributed by atoms with Crippen LogP contribution in [0.2, 0.25) is 0 Å². The van der Waals surface area contributed by atoms with Crippen LogP contribution in [0.5, 0.6) is 11.5 Å². The number of hydrogen-bond acceptors (Lipinski definition) is 5. The lowest BCUT2D eigenvalue weighted by atomic mass is 9.73. The van der Waals surface area contributed by atoms with Gasteiger partial charge in [0.15, 0.2) is 5.78 Å². The van der Waals surface area contributed by atoms with Gasteiger partial charge >= 0.3 is 0 Å². The fourth-order valence-corrected chi connectivity index (χ4v) is 5.28. The minimum absolute atomic E-state index is 0.0160. The maximum Gasteiger partial charge on any atom is 0.259 e. The van der Waals surface area contributed by atoms with Crippen LogP contribution in [0.4, 0.5) is 11.4 Å². The quantitative estimate of drug-likeness (QED) is 0.482. The van der Waals surface area contributed by atoms with Gasteiger partial charge in [-0.3, -0.25) is 14.5 Å². The summed E-state index contributed by atoms with van der Waals surface area (Å²) in [6.07, 6.45) is 1.07. The lowest BCUT2D eigenvalue weighted by molar-refractivity contribution is -0.118. The van der Waals surface area contributed by atoms with Crippen molar-refractivity contribution in [2.45, 2.75) is 32.7 Å². The maximum absolute atomic E-state index is 14.3. The summed E-state index contributed by atoms with van der Waals surface area (Å²) in [5.41, 5.74) is 3.92. The van der Waals surface area contributed by atoms with Crippen molar-refractivity contribution in [2.75, 3.05) is 24.4 Å². The van der Waals surface area contributed by atoms with Gasteiger partial charge in [-0.25, -0.2) is 0 Å². The second-order valence-corrected chi connectivity index (χ2v) is 10.0. The van der Waals surface area contributed by atoms with Crippen molar-refractivity contribution >= 4 is 23.1 Å². The number of allylic oxidation sites excluding steroid dienone is 1. The van der Waals surface area contributed by atoms with Gasteiger partial charge in [-0.1, -0.05) is 44.2 Å². The molecule has 6 heteroatoms. The van der Waals surface area contributed by atoms with Gasteiger partial charge in [-0.05, 0) is 54.3 Å². The third kappa shape index (κ3) is 4.13. The summed E-state index contributed by atoms with van der Waals surface area (Å²) in [6, 6.07) is 21.6. The molecule has 0 saturated carbocycles. The van der Waals surface area contributed by atoms with Gasteiger partial charge in [0.2, 0.25) is 0 Å². The number of para-hydroxylation sites is 2. The molecule has 184 valence electrons. The number of hydrogen-bond donors (Lipinski definition) is 1. The van der Waals surface area contributed by atoms with Crippen LogP contribution in [0.15, 0.2) is 84.1 Å². The molecule has 1 heterocycles. The molecule has 0 spiro atoms. The summed E-state index contributed by atoms with van der Waals surface area (Å²) in [5.74, 6) is 1.01. The number of nitrogens with zero attached hydrogens (tertiary/aromatic N) is 1. The Hall–Kier alpha value is -4.06. The van der Waals surface area contributed by atoms with E-state index in [4.69, 9.17) is 9.47 Å². The van der Waals surface area contributed by atoms with E-state index in [-0.39, 0.29) is 17.1 Å². The number of ketones is 1. The number of carbonyl (C=O) groups excluding carboxylic acids is 2. The van der Waals surface area contributed by atoms with E-state index in [9.17, 15) is 9.59 Å². The van der Waals surface area contributed by atoms with Crippen molar-refractivity contribution in [1.82, 2.24) is 0 Å². The molecule has 0 aromatic heterocycles. The van der Waals surface area contributed by atoms with E-state index in [0.29, 0.717) is 46.7 Å². The predicted molar refractivity (Wildman–Crippen MR) is 141 cm³/mol. The van der Waals surface area contributed by atoms with Crippen LogP contribution in [-0.2, 0) is 4.79 Å². The Kier molecular flexibility index (Phi) is 6.04. The first-order chi connectivity index (χ1) is 17.3. The Morgan fingerprint density at radius 2 is 1.67 bits per heavy atom. The molecule has 1 aliphatic heterocycles. The van der Waals surface area contributed by atoms with E-state index < -0.39 is 6.04 Å². The molecule has 1 amide bonds. The lowest BCUT2D eigenvalue weighted by Crippen LogP contribution is -2.39. The van der Waals surface area contributed by atoms with Gasteiger partial charge in [-0.15, -0.1) is 0 Å². The fourth-order valence-electron chi connectivity index (χ4n) is 5.28. The molecule has 36 heavy (non-hydrogen) atoms. The van der Waals surface area contributed by atoms with Gasteiger partial charge < -0.3 is 14.8 Å². The van der Waals surface area contributed by atoms with E-state index >= 15 is 0 Å². The van der Waals surface area contributed by atoms with Crippen LogP contribution in [0.1, 0.15) is 48.7 Å². The van der Waals surface area contributed by atoms with Gasteiger partial charge in [0, 0.05) is 28.8 Å². The molecular formula is C30H30N2O4. The molecule has 2 aliphatic rings. The summed E-state index contributed by atoms with van der Waals surface area (Å²) < 4.78 is 11.3. The average molecular weight is 483 g/mol. The first kappa shape index (κ1) is 23.7. The topological polar surface area (TPSA) is 67.9 Å². The molecule has 1 aliphatic carbocycles. The minimum atomic E-state index is -0.711. The van der Waals surface area contributed by atoms with Gasteiger partial charge in [-0.2, -0.15) is 0 Å². The molecule has 0 fully saturated rings. The summed E-state index contributed by atoms with van der Waals surface area (Å²) in [5, 5.41) is 3.54. The van der Waals surface area contributed by atoms with Crippen LogP contribution in [0.3, 0.4) is 0 Å². The summed E-state index contributed by atoms with van der Waals surface area (Å²) >= 11 is 0. The Labute approximate surface area is 211 Å². The zero-order valence-corrected chi connectivity index (χ0v) is 21.0. The Balaban J connectivity index is 1.84. The number of carbonyl (C=O) groups is 2. The SMILES string of the molecule is COc1ccc(OC)c([C@H]2C3=C(CC(C)(C)CC3=O)Nc3ccccc3N2C(=O)c2ccccc2)c1. The van der Waals surface area contributed by atoms with E-state index in [1.54, 1.807) is 31.3 Å². The Bertz CT molecular complexity index is 1360. The number of nitrogens with one attached hydrogen (secondary N) is 1. The van der Waals surface area contributed by atoms with Gasteiger partial charge in [0.1, 0.15) is 11.5 Å².